The van der Waals surface area contributed by atoms with Gasteiger partial charge in [0.2, 0.25) is 0 Å². The van der Waals surface area contributed by atoms with Gasteiger partial charge in [0.25, 0.3) is 0 Å². The van der Waals surface area contributed by atoms with Crippen molar-refractivity contribution >= 4 is 9.84 Å². The van der Waals surface area contributed by atoms with E-state index in [1.165, 1.54) is 12.8 Å². The summed E-state index contributed by atoms with van der Waals surface area (Å²) in [5, 5.41) is 3.36. The molecule has 1 saturated heterocycles. The molecule has 0 spiro atoms. The first-order valence-electron chi connectivity index (χ1n) is 5.09. The molecule has 1 saturated carbocycles. The Balaban J connectivity index is 1.78. The van der Waals surface area contributed by atoms with E-state index >= 15 is 0 Å². The molecule has 1 N–H and O–H groups in total. The van der Waals surface area contributed by atoms with Crippen molar-refractivity contribution in [3.63, 3.8) is 0 Å². The number of hydrogen-bond acceptors (Lipinski definition) is 3. The fraction of sp³-hybridized carbons (Fsp3) is 1.00. The molecule has 1 unspecified atom stereocenters. The van der Waals surface area contributed by atoms with Crippen molar-refractivity contribution in [2.45, 2.75) is 31.7 Å². The van der Waals surface area contributed by atoms with Gasteiger partial charge in [-0.3, -0.25) is 0 Å². The van der Waals surface area contributed by atoms with Gasteiger partial charge in [0.1, 0.15) is 0 Å². The van der Waals surface area contributed by atoms with Crippen molar-refractivity contribution < 1.29 is 8.42 Å². The first kappa shape index (κ1) is 9.46. The highest BCUT2D eigenvalue weighted by Crippen LogP contribution is 2.28. The van der Waals surface area contributed by atoms with E-state index in [2.05, 4.69) is 5.32 Å². The molecule has 0 amide bonds. The summed E-state index contributed by atoms with van der Waals surface area (Å²) in [6, 6.07) is 0.236. The molecule has 1 aliphatic heterocycles. The Kier molecular flexibility index (Phi) is 2.60. The third-order valence-corrected chi connectivity index (χ3v) is 4.68. The summed E-state index contributed by atoms with van der Waals surface area (Å²) < 4.78 is 22.6. The Morgan fingerprint density at radius 2 is 2.00 bits per heavy atom. The van der Waals surface area contributed by atoms with E-state index in [-0.39, 0.29) is 6.04 Å². The van der Waals surface area contributed by atoms with Crippen LogP contribution in [0.3, 0.4) is 0 Å². The Labute approximate surface area is 79.8 Å². The van der Waals surface area contributed by atoms with Crippen LogP contribution in [0.2, 0.25) is 0 Å². The van der Waals surface area contributed by atoms with Gasteiger partial charge in [0.15, 0.2) is 9.84 Å². The largest absolute Gasteiger partial charge is 0.313 e. The summed E-state index contributed by atoms with van der Waals surface area (Å²) in [4.78, 5) is 0. The standard InChI is InChI=1S/C9H17NO2S/c11-13(12)5-1-2-9(7-13)10-6-8-3-4-8/h8-10H,1-7H2. The highest BCUT2D eigenvalue weighted by Gasteiger charge is 2.27. The van der Waals surface area contributed by atoms with Crippen LogP contribution in [0.25, 0.3) is 0 Å². The van der Waals surface area contributed by atoms with E-state index in [1.54, 1.807) is 0 Å². The first-order chi connectivity index (χ1) is 6.16. The fourth-order valence-electron chi connectivity index (χ4n) is 1.84. The lowest BCUT2D eigenvalue weighted by molar-refractivity contribution is 0.471. The lowest BCUT2D eigenvalue weighted by Crippen LogP contribution is -2.40. The molecule has 0 aromatic carbocycles. The van der Waals surface area contributed by atoms with Gasteiger partial charge in [-0.15, -0.1) is 0 Å². The third-order valence-electron chi connectivity index (χ3n) is 2.86. The third kappa shape index (κ3) is 2.95. The number of hydrogen-bond donors (Lipinski definition) is 1. The summed E-state index contributed by atoms with van der Waals surface area (Å²) in [5.74, 6) is 1.60. The van der Waals surface area contributed by atoms with Crippen LogP contribution in [0.4, 0.5) is 0 Å². The topological polar surface area (TPSA) is 46.2 Å². The molecule has 2 aliphatic rings. The molecule has 1 atom stereocenters. The molecule has 0 aromatic rings. The summed E-state index contributed by atoms with van der Waals surface area (Å²) in [7, 11) is -2.72. The van der Waals surface area contributed by atoms with Crippen molar-refractivity contribution in [2.75, 3.05) is 18.1 Å². The van der Waals surface area contributed by atoms with Crippen LogP contribution in [-0.2, 0) is 9.84 Å². The molecule has 0 bridgehead atoms. The molecule has 13 heavy (non-hydrogen) atoms. The first-order valence-corrected chi connectivity index (χ1v) is 6.92. The Morgan fingerprint density at radius 1 is 1.23 bits per heavy atom. The van der Waals surface area contributed by atoms with Crippen LogP contribution < -0.4 is 5.32 Å². The van der Waals surface area contributed by atoms with Gasteiger partial charge in [-0.25, -0.2) is 8.42 Å². The van der Waals surface area contributed by atoms with Gasteiger partial charge in [-0.2, -0.15) is 0 Å². The van der Waals surface area contributed by atoms with E-state index < -0.39 is 9.84 Å². The molecule has 0 radical (unpaired) electrons. The van der Waals surface area contributed by atoms with Crippen LogP contribution in [0.1, 0.15) is 25.7 Å². The zero-order chi connectivity index (χ0) is 9.31. The van der Waals surface area contributed by atoms with Gasteiger partial charge in [0, 0.05) is 6.04 Å². The maximum Gasteiger partial charge on any atom is 0.151 e. The number of nitrogens with one attached hydrogen (secondary N) is 1. The second-order valence-corrected chi connectivity index (χ2v) is 6.53. The van der Waals surface area contributed by atoms with Crippen molar-refractivity contribution in [3.05, 3.63) is 0 Å². The number of sulfone groups is 1. The average molecular weight is 203 g/mol. The predicted molar refractivity (Wildman–Crippen MR) is 52.4 cm³/mol. The quantitative estimate of drug-likeness (QED) is 0.729. The summed E-state index contributed by atoms with van der Waals surface area (Å²) >= 11 is 0. The van der Waals surface area contributed by atoms with E-state index in [9.17, 15) is 8.42 Å². The van der Waals surface area contributed by atoms with Gasteiger partial charge in [-0.1, -0.05) is 0 Å². The second kappa shape index (κ2) is 3.58. The zero-order valence-electron chi connectivity index (χ0n) is 7.83. The predicted octanol–water partition coefficient (Wildman–Crippen LogP) is 0.563. The summed E-state index contributed by atoms with van der Waals surface area (Å²) in [5.41, 5.74) is 0. The van der Waals surface area contributed by atoms with Crippen molar-refractivity contribution in [2.24, 2.45) is 5.92 Å². The molecule has 4 heteroatoms. The van der Waals surface area contributed by atoms with E-state index in [0.717, 1.165) is 25.3 Å². The van der Waals surface area contributed by atoms with Crippen molar-refractivity contribution in [1.29, 1.82) is 0 Å². The minimum Gasteiger partial charge on any atom is -0.313 e. The summed E-state index contributed by atoms with van der Waals surface area (Å²) in [6.45, 7) is 1.03. The van der Waals surface area contributed by atoms with E-state index in [4.69, 9.17) is 0 Å². The van der Waals surface area contributed by atoms with Crippen LogP contribution in [0.5, 0.6) is 0 Å². The molecule has 2 fully saturated rings. The number of rotatable bonds is 3. The average Bonchev–Trinajstić information content (AvgIpc) is 2.82. The molecular weight excluding hydrogens is 186 g/mol. The van der Waals surface area contributed by atoms with Crippen molar-refractivity contribution in [1.82, 2.24) is 5.32 Å². The van der Waals surface area contributed by atoms with Gasteiger partial charge in [-0.05, 0) is 38.1 Å². The molecule has 1 heterocycles. The van der Waals surface area contributed by atoms with E-state index in [0.29, 0.717) is 11.5 Å². The normalized spacial score (nSPS) is 33.1. The molecule has 3 nitrogen and oxygen atoms in total. The summed E-state index contributed by atoms with van der Waals surface area (Å²) in [6.07, 6.45) is 4.52. The zero-order valence-corrected chi connectivity index (χ0v) is 8.65. The minimum absolute atomic E-state index is 0.236. The highest BCUT2D eigenvalue weighted by molar-refractivity contribution is 7.91. The van der Waals surface area contributed by atoms with Crippen molar-refractivity contribution in [3.8, 4) is 0 Å². The van der Waals surface area contributed by atoms with Gasteiger partial charge in [0.05, 0.1) is 11.5 Å². The maximum absolute atomic E-state index is 11.3. The van der Waals surface area contributed by atoms with E-state index in [1.807, 2.05) is 0 Å². The van der Waals surface area contributed by atoms with Gasteiger partial charge >= 0.3 is 0 Å². The SMILES string of the molecule is O=S1(=O)CCCC(NCC2CC2)C1. The second-order valence-electron chi connectivity index (χ2n) is 4.31. The minimum atomic E-state index is -2.72. The van der Waals surface area contributed by atoms with Gasteiger partial charge < -0.3 is 5.32 Å². The monoisotopic (exact) mass is 203 g/mol. The molecular formula is C9H17NO2S. The maximum atomic E-state index is 11.3. The molecule has 76 valence electrons. The molecule has 0 aromatic heterocycles. The lowest BCUT2D eigenvalue weighted by atomic mass is 10.2. The van der Waals surface area contributed by atoms with Crippen LogP contribution >= 0.6 is 0 Å². The Hall–Kier alpha value is -0.0900. The Morgan fingerprint density at radius 3 is 2.62 bits per heavy atom. The smallest absolute Gasteiger partial charge is 0.151 e. The van der Waals surface area contributed by atoms with Crippen LogP contribution in [0, 0.1) is 5.92 Å². The highest BCUT2D eigenvalue weighted by atomic mass is 32.2. The molecule has 2 rings (SSSR count). The fourth-order valence-corrected chi connectivity index (χ4v) is 3.51. The van der Waals surface area contributed by atoms with Crippen LogP contribution in [0.15, 0.2) is 0 Å². The Bertz CT molecular complexity index is 269. The van der Waals surface area contributed by atoms with Crippen LogP contribution in [-0.4, -0.2) is 32.5 Å². The lowest BCUT2D eigenvalue weighted by Gasteiger charge is -2.22. The molecule has 1 aliphatic carbocycles.